The first-order valence-corrected chi connectivity index (χ1v) is 26.7. The number of hydrogen-bond donors (Lipinski definition) is 1. The largest absolute Gasteiger partial charge is 0.486 e. The summed E-state index contributed by atoms with van der Waals surface area (Å²) < 4.78 is 88.2. The first-order valence-electron chi connectivity index (χ1n) is 17.6. The first-order chi connectivity index (χ1) is 24.2. The van der Waals surface area contributed by atoms with Crippen molar-refractivity contribution in [1.29, 1.82) is 0 Å². The third kappa shape index (κ3) is 12.3. The van der Waals surface area contributed by atoms with Gasteiger partial charge in [0.2, 0.25) is 10.0 Å². The van der Waals surface area contributed by atoms with Crippen molar-refractivity contribution >= 4 is 32.1 Å². The Kier molecular flexibility index (Phi) is 14.0. The molecule has 8 nitrogen and oxygen atoms in total. The number of carboxylic acid groups (broad SMARTS) is 1. The Hall–Kier alpha value is -3.02. The number of carbonyl (C=O) groups is 1. The van der Waals surface area contributed by atoms with Gasteiger partial charge in [-0.1, -0.05) is 87.8 Å². The summed E-state index contributed by atoms with van der Waals surface area (Å²) in [5.41, 5.74) is 2.12. The smallest absolute Gasteiger partial charge is 0.417 e. The zero-order valence-corrected chi connectivity index (χ0v) is 33.8. The molecule has 52 heavy (non-hydrogen) atoms. The number of aliphatic carboxylic acids is 1. The van der Waals surface area contributed by atoms with Gasteiger partial charge in [-0.25, -0.2) is 8.42 Å². The highest BCUT2D eigenvalue weighted by Gasteiger charge is 2.35. The summed E-state index contributed by atoms with van der Waals surface area (Å²) in [6.07, 6.45) is -4.19. The molecular weight excluding hydrogens is 728 g/mol. The van der Waals surface area contributed by atoms with Gasteiger partial charge in [-0.15, -0.1) is 0 Å². The van der Waals surface area contributed by atoms with Crippen LogP contribution in [-0.2, 0) is 36.9 Å². The molecule has 0 spiro atoms. The minimum atomic E-state index is -4.49. The van der Waals surface area contributed by atoms with E-state index in [4.69, 9.17) is 14.2 Å². The van der Waals surface area contributed by atoms with Crippen molar-refractivity contribution in [3.8, 4) is 16.9 Å². The van der Waals surface area contributed by atoms with Crippen molar-refractivity contribution in [2.24, 2.45) is 0 Å². The highest BCUT2D eigenvalue weighted by atomic mass is 32.2. The summed E-state index contributed by atoms with van der Waals surface area (Å²) in [7, 11) is -6.82. The number of benzene rings is 3. The van der Waals surface area contributed by atoms with Gasteiger partial charge < -0.3 is 19.3 Å². The van der Waals surface area contributed by atoms with E-state index < -0.39 is 68.1 Å². The molecule has 0 saturated heterocycles. The fraction of sp³-hybridized carbons (Fsp3) is 0.500. The molecule has 1 aliphatic rings. The Labute approximate surface area is 308 Å². The van der Waals surface area contributed by atoms with Crippen molar-refractivity contribution in [2.45, 2.75) is 88.8 Å². The van der Waals surface area contributed by atoms with Gasteiger partial charge in [0.05, 0.1) is 17.7 Å². The zero-order valence-electron chi connectivity index (χ0n) is 31.0. The number of hydrogen-bond acceptors (Lipinski definition) is 6. The summed E-state index contributed by atoms with van der Waals surface area (Å²) in [5.74, 6) is -1.96. The number of carboxylic acids is 1. The lowest BCUT2D eigenvalue weighted by atomic mass is 9.93. The predicted molar refractivity (Wildman–Crippen MR) is 204 cm³/mol. The Morgan fingerprint density at radius 2 is 1.44 bits per heavy atom. The molecule has 1 N–H and O–H groups in total. The molecular formula is C38H52F3NO7SSi2. The van der Waals surface area contributed by atoms with Gasteiger partial charge in [0.25, 0.3) is 0 Å². The minimum absolute atomic E-state index is 0.131. The van der Waals surface area contributed by atoms with E-state index in [2.05, 4.69) is 39.3 Å². The fourth-order valence-electron chi connectivity index (χ4n) is 6.07. The standard InChI is InChI=1S/C38H52F3NO7SSi2/c1-51(2,3)22-20-47-26-42(27-48-21-23-52(4,5)6)50(45,46)25-29(24-37(43)44)28-14-16-30(17-15-28)49-36-19-18-32-31(11-9-12-34(32)36)33-10-7-8-13-35(33)38(39,40)41/h7-17,29,36H,18-27H2,1-6H3,(H,43,44)/t29?,36-/m1/s1. The molecule has 0 radical (unpaired) electrons. The van der Waals surface area contributed by atoms with Crippen molar-refractivity contribution in [1.82, 2.24) is 4.31 Å². The van der Waals surface area contributed by atoms with E-state index in [0.29, 0.717) is 42.9 Å². The van der Waals surface area contributed by atoms with Crippen molar-refractivity contribution in [3.05, 3.63) is 89.0 Å². The van der Waals surface area contributed by atoms with Crippen molar-refractivity contribution < 1.29 is 45.7 Å². The highest BCUT2D eigenvalue weighted by Crippen LogP contribution is 2.44. The number of nitrogens with zero attached hydrogens (tertiary/aromatic N) is 1. The van der Waals surface area contributed by atoms with E-state index in [1.807, 2.05) is 6.07 Å². The molecule has 2 atom stereocenters. The molecule has 0 bridgehead atoms. The monoisotopic (exact) mass is 779 g/mol. The summed E-state index contributed by atoms with van der Waals surface area (Å²) >= 11 is 0. The molecule has 0 aromatic heterocycles. The van der Waals surface area contributed by atoms with E-state index in [1.54, 1.807) is 42.5 Å². The second-order valence-electron chi connectivity index (χ2n) is 15.9. The summed E-state index contributed by atoms with van der Waals surface area (Å²) in [6, 6.07) is 19.3. The number of sulfonamides is 1. The zero-order chi connectivity index (χ0) is 38.3. The Morgan fingerprint density at radius 3 is 2.00 bits per heavy atom. The van der Waals surface area contributed by atoms with Crippen LogP contribution in [0.15, 0.2) is 66.7 Å². The topological polar surface area (TPSA) is 102 Å². The fourth-order valence-corrected chi connectivity index (χ4v) is 9.08. The van der Waals surface area contributed by atoms with E-state index >= 15 is 0 Å². The Morgan fingerprint density at radius 1 is 0.865 bits per heavy atom. The van der Waals surface area contributed by atoms with Crippen LogP contribution in [0, 0.1) is 0 Å². The van der Waals surface area contributed by atoms with Crippen molar-refractivity contribution in [3.63, 3.8) is 0 Å². The SMILES string of the molecule is C[Si](C)(C)CCOCN(COCC[Si](C)(C)C)S(=O)(=O)CC(CC(=O)O)c1ccc(O[C@@H]2CCc3c(-c4ccccc4C(F)(F)F)cccc32)cc1. The number of fused-ring (bicyclic) bond motifs is 1. The molecule has 3 aromatic carbocycles. The number of halogens is 3. The molecule has 3 aromatic rings. The average Bonchev–Trinajstić information content (AvgIpc) is 3.45. The average molecular weight is 780 g/mol. The number of ether oxygens (including phenoxy) is 3. The van der Waals surface area contributed by atoms with Gasteiger partial charge in [-0.05, 0) is 70.9 Å². The quantitative estimate of drug-likeness (QED) is 0.0736. The second kappa shape index (κ2) is 17.4. The number of rotatable bonds is 19. The molecule has 0 aliphatic heterocycles. The first kappa shape index (κ1) is 41.7. The molecule has 0 amide bonds. The Bertz CT molecular complexity index is 1740. The van der Waals surface area contributed by atoms with Crippen LogP contribution >= 0.6 is 0 Å². The van der Waals surface area contributed by atoms with E-state index in [-0.39, 0.29) is 19.0 Å². The molecule has 4 rings (SSSR count). The van der Waals surface area contributed by atoms with Gasteiger partial charge >= 0.3 is 12.1 Å². The van der Waals surface area contributed by atoms with Gasteiger partial charge in [0, 0.05) is 35.3 Å². The lowest BCUT2D eigenvalue weighted by molar-refractivity contribution is -0.138. The maximum atomic E-state index is 13.8. The lowest BCUT2D eigenvalue weighted by Gasteiger charge is -2.26. The van der Waals surface area contributed by atoms with Gasteiger partial charge in [-0.2, -0.15) is 17.5 Å². The van der Waals surface area contributed by atoms with E-state index in [0.717, 1.165) is 33.6 Å². The van der Waals surface area contributed by atoms with Crippen LogP contribution in [0.1, 0.15) is 47.1 Å². The van der Waals surface area contributed by atoms with Crippen LogP contribution in [0.5, 0.6) is 5.75 Å². The van der Waals surface area contributed by atoms with Crippen LogP contribution < -0.4 is 4.74 Å². The van der Waals surface area contributed by atoms with Gasteiger partial charge in [0.15, 0.2) is 0 Å². The molecule has 1 aliphatic carbocycles. The van der Waals surface area contributed by atoms with Gasteiger partial charge in [-0.3, -0.25) is 4.79 Å². The summed E-state index contributed by atoms with van der Waals surface area (Å²) in [5, 5.41) is 9.75. The molecule has 14 heteroatoms. The van der Waals surface area contributed by atoms with E-state index in [9.17, 15) is 31.5 Å². The second-order valence-corrected chi connectivity index (χ2v) is 29.1. The third-order valence-electron chi connectivity index (χ3n) is 9.06. The lowest BCUT2D eigenvalue weighted by Crippen LogP contribution is -2.39. The van der Waals surface area contributed by atoms with Crippen LogP contribution in [0.25, 0.3) is 11.1 Å². The minimum Gasteiger partial charge on any atom is -0.486 e. The maximum Gasteiger partial charge on any atom is 0.417 e. The van der Waals surface area contributed by atoms with Crippen LogP contribution in [0.4, 0.5) is 13.2 Å². The van der Waals surface area contributed by atoms with E-state index in [1.165, 1.54) is 12.1 Å². The molecule has 0 heterocycles. The van der Waals surface area contributed by atoms with Crippen molar-refractivity contribution in [2.75, 3.05) is 32.4 Å². The summed E-state index contributed by atoms with van der Waals surface area (Å²) in [6.45, 7) is 13.7. The van der Waals surface area contributed by atoms with Crippen LogP contribution in [0.2, 0.25) is 51.4 Å². The van der Waals surface area contributed by atoms with Gasteiger partial charge in [0.1, 0.15) is 25.3 Å². The maximum absolute atomic E-state index is 13.8. The molecule has 0 fully saturated rings. The number of alkyl halides is 3. The highest BCUT2D eigenvalue weighted by molar-refractivity contribution is 7.89. The molecule has 0 saturated carbocycles. The third-order valence-corrected chi connectivity index (χ3v) is 14.3. The molecule has 1 unspecified atom stereocenters. The molecule has 286 valence electrons. The van der Waals surface area contributed by atoms with Crippen LogP contribution in [-0.4, -0.2) is 72.4 Å². The predicted octanol–water partition coefficient (Wildman–Crippen LogP) is 9.25. The normalized spacial score (nSPS) is 15.8. The Balaban J connectivity index is 1.50. The van der Waals surface area contributed by atoms with Crippen LogP contribution in [0.3, 0.4) is 0 Å². The summed E-state index contributed by atoms with van der Waals surface area (Å²) in [4.78, 5) is 11.9.